The number of anilines is 1. The summed E-state index contributed by atoms with van der Waals surface area (Å²) in [4.78, 5) is 7.81. The van der Waals surface area contributed by atoms with Crippen LogP contribution in [-0.4, -0.2) is 37.2 Å². The van der Waals surface area contributed by atoms with Gasteiger partial charge in [0.2, 0.25) is 0 Å². The van der Waals surface area contributed by atoms with E-state index in [-0.39, 0.29) is 0 Å². The average molecular weight is 405 g/mol. The Morgan fingerprint density at radius 3 is 2.78 bits per heavy atom. The normalized spacial score (nSPS) is 15.2. The molecule has 3 N–H and O–H groups in total. The summed E-state index contributed by atoms with van der Waals surface area (Å²) in [5, 5.41) is 16.7. The Kier molecular flexibility index (Phi) is 7.15. The molecule has 2 aromatic rings. The first-order valence-corrected chi connectivity index (χ1v) is 10.3. The lowest BCUT2D eigenvalue weighted by atomic mass is 10.2. The maximum atomic E-state index is 10.3. The third-order valence-corrected chi connectivity index (χ3v) is 5.58. The Hall–Kier alpha value is -2.02. The molecule has 1 unspecified atom stereocenters. The average Bonchev–Trinajstić information content (AvgIpc) is 3.36. The van der Waals surface area contributed by atoms with Crippen molar-refractivity contribution in [2.45, 2.75) is 19.6 Å². The van der Waals surface area contributed by atoms with E-state index in [2.05, 4.69) is 56.9 Å². The van der Waals surface area contributed by atoms with Crippen LogP contribution in [0.25, 0.3) is 0 Å². The van der Waals surface area contributed by atoms with E-state index in [9.17, 15) is 5.11 Å². The zero-order valence-corrected chi connectivity index (χ0v) is 16.9. The minimum Gasteiger partial charge on any atom is -0.386 e. The van der Waals surface area contributed by atoms with Crippen molar-refractivity contribution < 1.29 is 5.11 Å². The van der Waals surface area contributed by atoms with Crippen LogP contribution in [0.5, 0.6) is 0 Å². The largest absolute Gasteiger partial charge is 0.386 e. The third-order valence-electron chi connectivity index (χ3n) is 4.24. The summed E-state index contributed by atoms with van der Waals surface area (Å²) in [7, 11) is 0. The second-order valence-corrected chi connectivity index (χ2v) is 8.03. The Morgan fingerprint density at radius 2 is 2.07 bits per heavy atom. The highest BCUT2D eigenvalue weighted by Crippen LogP contribution is 2.26. The van der Waals surface area contributed by atoms with Crippen molar-refractivity contribution in [1.29, 1.82) is 0 Å². The summed E-state index contributed by atoms with van der Waals surface area (Å²) in [6.07, 6.45) is 3.76. The Labute approximate surface area is 169 Å². The lowest BCUT2D eigenvalue weighted by Crippen LogP contribution is -2.39. The van der Waals surface area contributed by atoms with Gasteiger partial charge in [-0.3, -0.25) is 0 Å². The van der Waals surface area contributed by atoms with Gasteiger partial charge in [0, 0.05) is 36.7 Å². The van der Waals surface area contributed by atoms with Crippen molar-refractivity contribution in [1.82, 2.24) is 10.6 Å². The molecule has 0 aliphatic carbocycles. The van der Waals surface area contributed by atoms with Crippen molar-refractivity contribution in [2.24, 2.45) is 4.99 Å². The number of halogens is 1. The van der Waals surface area contributed by atoms with Gasteiger partial charge >= 0.3 is 0 Å². The minimum atomic E-state index is -0.614. The Bertz CT molecular complexity index is 797. The number of hydrogen-bond acceptors (Lipinski definition) is 4. The first-order valence-electron chi connectivity index (χ1n) is 9.10. The van der Waals surface area contributed by atoms with Crippen LogP contribution < -0.4 is 15.5 Å². The number of benzene rings is 1. The molecule has 0 saturated heterocycles. The van der Waals surface area contributed by atoms with Crippen LogP contribution in [0.15, 0.2) is 53.5 Å². The molecule has 0 bridgehead atoms. The number of aliphatic hydroxyl groups is 1. The molecule has 1 aliphatic heterocycles. The molecular formula is C20H25ClN4OS. The van der Waals surface area contributed by atoms with E-state index in [0.717, 1.165) is 30.1 Å². The molecule has 1 aliphatic rings. The van der Waals surface area contributed by atoms with Crippen molar-refractivity contribution in [3.05, 3.63) is 63.3 Å². The van der Waals surface area contributed by atoms with E-state index in [1.54, 1.807) is 6.07 Å². The van der Waals surface area contributed by atoms with Crippen LogP contribution in [0, 0.1) is 0 Å². The molecule has 0 amide bonds. The number of rotatable bonds is 7. The summed E-state index contributed by atoms with van der Waals surface area (Å²) in [6.45, 7) is 5.65. The van der Waals surface area contributed by atoms with Gasteiger partial charge in [-0.1, -0.05) is 35.9 Å². The van der Waals surface area contributed by atoms with E-state index in [4.69, 9.17) is 11.6 Å². The van der Waals surface area contributed by atoms with Crippen LogP contribution in [-0.2, 0) is 6.54 Å². The smallest absolute Gasteiger partial charge is 0.191 e. The van der Waals surface area contributed by atoms with Crippen LogP contribution in [0.3, 0.4) is 0 Å². The highest BCUT2D eigenvalue weighted by Gasteiger charge is 2.11. The van der Waals surface area contributed by atoms with Crippen LogP contribution in [0.4, 0.5) is 5.69 Å². The Morgan fingerprint density at radius 1 is 1.26 bits per heavy atom. The van der Waals surface area contributed by atoms with Gasteiger partial charge in [-0.05, 0) is 36.8 Å². The maximum Gasteiger partial charge on any atom is 0.191 e. The molecule has 0 saturated carbocycles. The number of hydrogen-bond donors (Lipinski definition) is 3. The van der Waals surface area contributed by atoms with Crippen molar-refractivity contribution in [3.8, 4) is 0 Å². The molecule has 0 spiro atoms. The minimum absolute atomic E-state index is 0.377. The lowest BCUT2D eigenvalue weighted by Gasteiger charge is -2.18. The molecule has 2 heterocycles. The number of nitrogens with zero attached hydrogens (tertiary/aromatic N) is 2. The molecule has 1 aromatic heterocycles. The van der Waals surface area contributed by atoms with Gasteiger partial charge in [0.25, 0.3) is 0 Å². The van der Waals surface area contributed by atoms with Gasteiger partial charge in [0.1, 0.15) is 6.10 Å². The van der Waals surface area contributed by atoms with E-state index in [1.165, 1.54) is 17.0 Å². The first-order chi connectivity index (χ1) is 13.2. The van der Waals surface area contributed by atoms with Crippen molar-refractivity contribution in [3.63, 3.8) is 0 Å². The molecule has 5 nitrogen and oxygen atoms in total. The fourth-order valence-corrected chi connectivity index (χ4v) is 3.90. The number of nitrogens with one attached hydrogen (secondary N) is 2. The van der Waals surface area contributed by atoms with Crippen LogP contribution in [0.1, 0.15) is 23.5 Å². The van der Waals surface area contributed by atoms with E-state index in [0.29, 0.717) is 23.4 Å². The fraction of sp³-hybridized carbons (Fsp3) is 0.350. The third kappa shape index (κ3) is 5.73. The zero-order valence-electron chi connectivity index (χ0n) is 15.4. The topological polar surface area (TPSA) is 59.9 Å². The number of guanidine groups is 1. The van der Waals surface area contributed by atoms with E-state index >= 15 is 0 Å². The summed E-state index contributed by atoms with van der Waals surface area (Å²) >= 11 is 7.33. The summed E-state index contributed by atoms with van der Waals surface area (Å²) in [6, 6.07) is 12.1. The second-order valence-electron chi connectivity index (χ2n) is 6.28. The van der Waals surface area contributed by atoms with Gasteiger partial charge in [-0.25, -0.2) is 4.99 Å². The molecule has 0 fully saturated rings. The monoisotopic (exact) mass is 404 g/mol. The predicted octanol–water partition coefficient (Wildman–Crippen LogP) is 3.57. The predicted molar refractivity (Wildman–Crippen MR) is 115 cm³/mol. The molecule has 0 radical (unpaired) electrons. The zero-order chi connectivity index (χ0) is 19.1. The van der Waals surface area contributed by atoms with Crippen molar-refractivity contribution in [2.75, 3.05) is 31.1 Å². The molecule has 3 rings (SSSR count). The van der Waals surface area contributed by atoms with Gasteiger partial charge in [-0.15, -0.1) is 11.3 Å². The second kappa shape index (κ2) is 9.78. The summed E-state index contributed by atoms with van der Waals surface area (Å²) < 4.78 is 0.678. The molecular weight excluding hydrogens is 380 g/mol. The van der Waals surface area contributed by atoms with Gasteiger partial charge in [0.15, 0.2) is 5.96 Å². The highest BCUT2D eigenvalue weighted by molar-refractivity contribution is 7.16. The molecule has 1 aromatic carbocycles. The highest BCUT2D eigenvalue weighted by atomic mass is 35.5. The number of aliphatic hydroxyl groups excluding tert-OH is 1. The maximum absolute atomic E-state index is 10.3. The van der Waals surface area contributed by atoms with Crippen LogP contribution in [0.2, 0.25) is 4.34 Å². The number of thiophene rings is 1. The lowest BCUT2D eigenvalue weighted by molar-refractivity contribution is 0.184. The first kappa shape index (κ1) is 19.7. The molecule has 27 heavy (non-hydrogen) atoms. The van der Waals surface area contributed by atoms with Gasteiger partial charge in [0.05, 0.1) is 10.9 Å². The fourth-order valence-electron chi connectivity index (χ4n) is 2.85. The summed E-state index contributed by atoms with van der Waals surface area (Å²) in [5.74, 6) is 0.687. The summed E-state index contributed by atoms with van der Waals surface area (Å²) in [5.41, 5.74) is 2.37. The van der Waals surface area contributed by atoms with E-state index in [1.807, 2.05) is 13.0 Å². The van der Waals surface area contributed by atoms with Gasteiger partial charge < -0.3 is 20.6 Å². The quantitative estimate of drug-likeness (QED) is 0.375. The SMILES string of the molecule is CCNC(=NCc1cccc(N2CC=CC2)c1)NCC(O)c1ccc(Cl)s1. The Balaban J connectivity index is 1.59. The number of aliphatic imine (C=N–C) groups is 1. The van der Waals surface area contributed by atoms with Gasteiger partial charge in [-0.2, -0.15) is 0 Å². The molecule has 1 atom stereocenters. The molecule has 7 heteroatoms. The molecule has 144 valence electrons. The van der Waals surface area contributed by atoms with Crippen molar-refractivity contribution >= 4 is 34.6 Å². The standard InChI is InChI=1S/C20H25ClN4OS/c1-2-22-20(24-14-17(26)18-8-9-19(21)27-18)23-13-15-6-5-7-16(12-15)25-10-3-4-11-25/h3-9,12,17,26H,2,10-11,13-14H2,1H3,(H2,22,23,24). The van der Waals surface area contributed by atoms with Crippen LogP contribution >= 0.6 is 22.9 Å². The van der Waals surface area contributed by atoms with E-state index < -0.39 is 6.10 Å².